The summed E-state index contributed by atoms with van der Waals surface area (Å²) in [5, 5.41) is 0. The van der Waals surface area contributed by atoms with Crippen molar-refractivity contribution in [1.29, 1.82) is 0 Å². The van der Waals surface area contributed by atoms with Crippen LogP contribution in [0.2, 0.25) is 0 Å². The minimum atomic E-state index is -0.760. The molecule has 0 spiro atoms. The number of hydrogen-bond acceptors (Lipinski definition) is 6. The molecule has 0 radical (unpaired) electrons. The molecule has 64 heavy (non-hydrogen) atoms. The van der Waals surface area contributed by atoms with Crippen molar-refractivity contribution >= 4 is 17.9 Å². The van der Waals surface area contributed by atoms with Gasteiger partial charge in [-0.15, -0.1) is 0 Å². The number of carbonyl (C=O) groups is 3. The Balaban J connectivity index is 4.27. The Hall–Kier alpha value is -1.59. The van der Waals surface area contributed by atoms with Gasteiger partial charge >= 0.3 is 17.9 Å². The van der Waals surface area contributed by atoms with E-state index in [1.165, 1.54) is 238 Å². The highest BCUT2D eigenvalue weighted by molar-refractivity contribution is 5.71. The fourth-order valence-electron chi connectivity index (χ4n) is 8.98. The van der Waals surface area contributed by atoms with Crippen molar-refractivity contribution in [3.63, 3.8) is 0 Å². The van der Waals surface area contributed by atoms with Crippen LogP contribution in [0, 0.1) is 0 Å². The highest BCUT2D eigenvalue weighted by Crippen LogP contribution is 2.18. The van der Waals surface area contributed by atoms with E-state index in [0.717, 1.165) is 57.8 Å². The lowest BCUT2D eigenvalue weighted by Crippen LogP contribution is -2.30. The second-order valence-corrected chi connectivity index (χ2v) is 19.9. The van der Waals surface area contributed by atoms with Gasteiger partial charge in [-0.1, -0.05) is 297 Å². The predicted molar refractivity (Wildman–Crippen MR) is 275 cm³/mol. The molecule has 0 saturated carbocycles. The molecule has 0 fully saturated rings. The van der Waals surface area contributed by atoms with Crippen LogP contribution in [-0.2, 0) is 28.6 Å². The lowest BCUT2D eigenvalue weighted by molar-refractivity contribution is -0.167. The molecule has 0 unspecified atom stereocenters. The molecule has 0 saturated heterocycles. The average molecular weight is 906 g/mol. The van der Waals surface area contributed by atoms with Gasteiger partial charge in [-0.25, -0.2) is 0 Å². The van der Waals surface area contributed by atoms with Crippen LogP contribution in [0.25, 0.3) is 0 Å². The maximum atomic E-state index is 12.8. The molecule has 0 bridgehead atoms. The lowest BCUT2D eigenvalue weighted by Gasteiger charge is -2.18. The molecule has 0 aliphatic rings. The molecule has 0 amide bonds. The molecule has 380 valence electrons. The summed E-state index contributed by atoms with van der Waals surface area (Å²) < 4.78 is 16.9. The summed E-state index contributed by atoms with van der Waals surface area (Å²) in [7, 11) is 0. The largest absolute Gasteiger partial charge is 0.462 e. The van der Waals surface area contributed by atoms with Crippen molar-refractivity contribution in [3.8, 4) is 0 Å². The Kier molecular flexibility index (Phi) is 52.7. The number of esters is 3. The van der Waals surface area contributed by atoms with Crippen LogP contribution in [0.4, 0.5) is 0 Å². The van der Waals surface area contributed by atoms with E-state index < -0.39 is 6.10 Å². The van der Waals surface area contributed by atoms with Crippen LogP contribution < -0.4 is 0 Å². The summed E-state index contributed by atoms with van der Waals surface area (Å²) in [4.78, 5) is 38.1. The predicted octanol–water partition coefficient (Wildman–Crippen LogP) is 19.2. The maximum Gasteiger partial charge on any atom is 0.306 e. The zero-order valence-electron chi connectivity index (χ0n) is 43.6. The van der Waals surface area contributed by atoms with Crippen molar-refractivity contribution in [1.82, 2.24) is 0 Å². The van der Waals surface area contributed by atoms with Crippen molar-refractivity contribution in [3.05, 3.63) is 0 Å². The fourth-order valence-corrected chi connectivity index (χ4v) is 8.98. The molecule has 6 heteroatoms. The molecule has 1 atom stereocenters. The van der Waals surface area contributed by atoms with E-state index in [1.807, 2.05) is 0 Å². The van der Waals surface area contributed by atoms with Gasteiger partial charge in [0, 0.05) is 19.3 Å². The number of ether oxygens (including phenoxy) is 3. The van der Waals surface area contributed by atoms with E-state index in [4.69, 9.17) is 14.2 Å². The Morgan fingerprint density at radius 2 is 0.422 bits per heavy atom. The van der Waals surface area contributed by atoms with Crippen molar-refractivity contribution in [2.24, 2.45) is 0 Å². The van der Waals surface area contributed by atoms with Crippen LogP contribution in [0.5, 0.6) is 0 Å². The molecule has 0 aromatic carbocycles. The molecule has 0 aromatic heterocycles. The van der Waals surface area contributed by atoms with Crippen molar-refractivity contribution in [2.75, 3.05) is 13.2 Å². The zero-order chi connectivity index (χ0) is 46.5. The van der Waals surface area contributed by atoms with Gasteiger partial charge in [-0.2, -0.15) is 0 Å². The summed E-state index contributed by atoms with van der Waals surface area (Å²) in [6.07, 6.45) is 59.5. The Morgan fingerprint density at radius 1 is 0.250 bits per heavy atom. The standard InChI is InChI=1S/C58H112O6/c1-4-7-10-13-16-19-22-25-28-29-30-31-34-36-39-42-45-48-51-57(60)63-54-55(64-58(61)52-49-46-43-40-37-33-27-24-21-18-15-12-9-6-3)53-62-56(59)50-47-44-41-38-35-32-26-23-20-17-14-11-8-5-2/h55H,4-54H2,1-3H3/t55-/m0/s1. The van der Waals surface area contributed by atoms with Gasteiger partial charge in [0.1, 0.15) is 13.2 Å². The van der Waals surface area contributed by atoms with Gasteiger partial charge in [0.2, 0.25) is 0 Å². The van der Waals surface area contributed by atoms with Gasteiger partial charge in [-0.3, -0.25) is 14.4 Å². The van der Waals surface area contributed by atoms with E-state index in [9.17, 15) is 14.4 Å². The van der Waals surface area contributed by atoms with Crippen LogP contribution >= 0.6 is 0 Å². The maximum absolute atomic E-state index is 12.8. The second-order valence-electron chi connectivity index (χ2n) is 19.9. The lowest BCUT2D eigenvalue weighted by atomic mass is 10.0. The summed E-state index contributed by atoms with van der Waals surface area (Å²) in [5.41, 5.74) is 0. The van der Waals surface area contributed by atoms with Crippen LogP contribution in [-0.4, -0.2) is 37.2 Å². The quantitative estimate of drug-likeness (QED) is 0.0344. The first-order valence-electron chi connectivity index (χ1n) is 29.0. The third kappa shape index (κ3) is 51.4. The van der Waals surface area contributed by atoms with E-state index in [0.29, 0.717) is 19.3 Å². The van der Waals surface area contributed by atoms with Gasteiger partial charge in [0.25, 0.3) is 0 Å². The van der Waals surface area contributed by atoms with Crippen molar-refractivity contribution < 1.29 is 28.6 Å². The first-order chi connectivity index (χ1) is 31.5. The van der Waals surface area contributed by atoms with E-state index >= 15 is 0 Å². The average Bonchev–Trinajstić information content (AvgIpc) is 3.29. The molecule has 0 aromatic rings. The minimum absolute atomic E-state index is 0.0610. The Bertz CT molecular complexity index is 951. The summed E-state index contributed by atoms with van der Waals surface area (Å²) in [5.74, 6) is -0.832. The highest BCUT2D eigenvalue weighted by atomic mass is 16.6. The Morgan fingerprint density at radius 3 is 0.625 bits per heavy atom. The smallest absolute Gasteiger partial charge is 0.306 e. The summed E-state index contributed by atoms with van der Waals surface area (Å²) in [6.45, 7) is 6.71. The number of unbranched alkanes of at least 4 members (excludes halogenated alkanes) is 43. The summed E-state index contributed by atoms with van der Waals surface area (Å²) in [6, 6.07) is 0. The highest BCUT2D eigenvalue weighted by Gasteiger charge is 2.19. The SMILES string of the molecule is CCCCCCCCCCCCCCCCCCCCC(=O)OC[C@H](COC(=O)CCCCCCCCCCCCCCCC)OC(=O)CCCCCCCCCCCCCCCC. The molecule has 0 aliphatic heterocycles. The molecule has 6 nitrogen and oxygen atoms in total. The monoisotopic (exact) mass is 905 g/mol. The molecule has 0 rings (SSSR count). The molecular formula is C58H112O6. The second kappa shape index (κ2) is 54.0. The Labute approximate surface area is 399 Å². The van der Waals surface area contributed by atoms with Gasteiger partial charge in [0.05, 0.1) is 0 Å². The van der Waals surface area contributed by atoms with Gasteiger partial charge in [0.15, 0.2) is 6.10 Å². The minimum Gasteiger partial charge on any atom is -0.462 e. The van der Waals surface area contributed by atoms with E-state index in [-0.39, 0.29) is 31.1 Å². The number of hydrogen-bond donors (Lipinski definition) is 0. The third-order valence-electron chi connectivity index (χ3n) is 13.4. The summed E-state index contributed by atoms with van der Waals surface area (Å²) >= 11 is 0. The first-order valence-corrected chi connectivity index (χ1v) is 29.0. The molecule has 0 N–H and O–H groups in total. The third-order valence-corrected chi connectivity index (χ3v) is 13.4. The van der Waals surface area contributed by atoms with Gasteiger partial charge < -0.3 is 14.2 Å². The van der Waals surface area contributed by atoms with Crippen LogP contribution in [0.15, 0.2) is 0 Å². The normalized spacial score (nSPS) is 11.9. The fraction of sp³-hybridized carbons (Fsp3) is 0.948. The molecular weight excluding hydrogens is 793 g/mol. The topological polar surface area (TPSA) is 78.9 Å². The first kappa shape index (κ1) is 62.4. The zero-order valence-corrected chi connectivity index (χ0v) is 43.6. The number of carbonyl (C=O) groups excluding carboxylic acids is 3. The van der Waals surface area contributed by atoms with Crippen LogP contribution in [0.3, 0.4) is 0 Å². The number of rotatable bonds is 54. The van der Waals surface area contributed by atoms with E-state index in [1.54, 1.807) is 0 Å². The van der Waals surface area contributed by atoms with E-state index in [2.05, 4.69) is 20.8 Å². The van der Waals surface area contributed by atoms with Crippen molar-refractivity contribution in [2.45, 2.75) is 341 Å². The van der Waals surface area contributed by atoms with Crippen LogP contribution in [0.1, 0.15) is 335 Å². The molecule has 0 aliphatic carbocycles. The van der Waals surface area contributed by atoms with Gasteiger partial charge in [-0.05, 0) is 19.3 Å². The molecule has 0 heterocycles.